The summed E-state index contributed by atoms with van der Waals surface area (Å²) in [5.74, 6) is 0.878. The van der Waals surface area contributed by atoms with Crippen molar-refractivity contribution in [2.45, 2.75) is 19.6 Å². The number of hydrogen-bond donors (Lipinski definition) is 1. The maximum atomic E-state index is 9.27. The highest BCUT2D eigenvalue weighted by molar-refractivity contribution is 6.70. The first-order valence-corrected chi connectivity index (χ1v) is 7.97. The Balaban J connectivity index is 2.80. The Hall–Kier alpha value is -1.22. The molecule has 0 saturated heterocycles. The maximum Gasteiger partial charge on any atom is 0.242 e. The van der Waals surface area contributed by atoms with Crippen molar-refractivity contribution in [3.63, 3.8) is 0 Å². The minimum Gasteiger partial charge on any atom is -0.544 e. The molecule has 0 saturated carbocycles. The average Bonchev–Trinajstić information content (AvgIpc) is 2.01. The molecule has 0 aliphatic carbocycles. The van der Waals surface area contributed by atoms with Gasteiger partial charge < -0.3 is 9.53 Å². The third-order valence-electron chi connectivity index (χ3n) is 1.60. The topological polar surface area (TPSA) is 29.5 Å². The van der Waals surface area contributed by atoms with Crippen LogP contribution >= 0.6 is 0 Å². The first-order chi connectivity index (χ1) is 6.38. The summed E-state index contributed by atoms with van der Waals surface area (Å²) in [5, 5.41) is 9.27. The quantitative estimate of drug-likeness (QED) is 0.610. The predicted octanol–water partition coefficient (Wildman–Crippen LogP) is 3.21. The van der Waals surface area contributed by atoms with Gasteiger partial charge in [-0.3, -0.25) is 0 Å². The number of aromatic hydroxyl groups is 1. The van der Waals surface area contributed by atoms with Crippen LogP contribution in [0.1, 0.15) is 5.56 Å². The molecule has 0 aromatic heterocycles. The largest absolute Gasteiger partial charge is 0.544 e. The number of benzene rings is 1. The van der Waals surface area contributed by atoms with E-state index in [4.69, 9.17) is 4.43 Å². The van der Waals surface area contributed by atoms with Crippen LogP contribution in [0.3, 0.4) is 0 Å². The van der Waals surface area contributed by atoms with E-state index in [-0.39, 0.29) is 5.75 Å². The number of hydrogen-bond acceptors (Lipinski definition) is 2. The standard InChI is InChI=1S/C11H16O2Si/c1-9(13-14(2,3)4)10-6-5-7-11(12)8-10/h5-8,12H,1H2,2-4H3. The second-order valence-corrected chi connectivity index (χ2v) is 8.62. The zero-order valence-electron chi connectivity index (χ0n) is 8.87. The van der Waals surface area contributed by atoms with Gasteiger partial charge in [0.1, 0.15) is 11.5 Å². The van der Waals surface area contributed by atoms with E-state index in [0.717, 1.165) is 5.56 Å². The summed E-state index contributed by atoms with van der Waals surface area (Å²) in [7, 11) is -1.60. The van der Waals surface area contributed by atoms with E-state index in [1.165, 1.54) is 0 Å². The minimum absolute atomic E-state index is 0.239. The summed E-state index contributed by atoms with van der Waals surface area (Å²) >= 11 is 0. The molecule has 0 aliphatic heterocycles. The molecule has 3 heteroatoms. The summed E-state index contributed by atoms with van der Waals surface area (Å²) in [4.78, 5) is 0. The summed E-state index contributed by atoms with van der Waals surface area (Å²) in [6.45, 7) is 10.1. The van der Waals surface area contributed by atoms with Gasteiger partial charge in [0.15, 0.2) is 0 Å². The monoisotopic (exact) mass is 208 g/mol. The first-order valence-electron chi connectivity index (χ1n) is 4.56. The molecule has 0 atom stereocenters. The van der Waals surface area contributed by atoms with E-state index < -0.39 is 8.32 Å². The lowest BCUT2D eigenvalue weighted by atomic mass is 10.2. The lowest BCUT2D eigenvalue weighted by molar-refractivity contribution is 0.473. The summed E-state index contributed by atoms with van der Waals surface area (Å²) in [6.07, 6.45) is 0. The van der Waals surface area contributed by atoms with Crippen molar-refractivity contribution in [3.05, 3.63) is 36.4 Å². The molecule has 0 amide bonds. The maximum absolute atomic E-state index is 9.27. The Kier molecular flexibility index (Phi) is 3.01. The molecule has 2 nitrogen and oxygen atoms in total. The molecule has 1 aromatic rings. The molecule has 1 N–H and O–H groups in total. The predicted molar refractivity (Wildman–Crippen MR) is 61.6 cm³/mol. The van der Waals surface area contributed by atoms with Crippen molar-refractivity contribution in [1.29, 1.82) is 0 Å². The van der Waals surface area contributed by atoms with Gasteiger partial charge in [0, 0.05) is 5.56 Å². The van der Waals surface area contributed by atoms with E-state index in [0.29, 0.717) is 5.76 Å². The molecule has 0 heterocycles. The van der Waals surface area contributed by atoms with Gasteiger partial charge in [-0.05, 0) is 31.8 Å². The third-order valence-corrected chi connectivity index (χ3v) is 2.46. The number of phenols is 1. The van der Waals surface area contributed by atoms with E-state index in [2.05, 4.69) is 26.2 Å². The van der Waals surface area contributed by atoms with Gasteiger partial charge in [0.05, 0.1) is 0 Å². The lowest BCUT2D eigenvalue weighted by Crippen LogP contribution is -2.24. The summed E-state index contributed by atoms with van der Waals surface area (Å²) in [5.41, 5.74) is 0.840. The minimum atomic E-state index is -1.60. The number of rotatable bonds is 3. The SMILES string of the molecule is C=C(O[Si](C)(C)C)c1cccc(O)c1. The zero-order valence-corrected chi connectivity index (χ0v) is 9.87. The van der Waals surface area contributed by atoms with E-state index in [1.807, 2.05) is 6.07 Å². The Labute approximate surface area is 86.0 Å². The molecular weight excluding hydrogens is 192 g/mol. The van der Waals surface area contributed by atoms with E-state index >= 15 is 0 Å². The fraction of sp³-hybridized carbons (Fsp3) is 0.273. The molecule has 76 valence electrons. The van der Waals surface area contributed by atoms with Crippen LogP contribution in [0.25, 0.3) is 5.76 Å². The van der Waals surface area contributed by atoms with Gasteiger partial charge in [-0.15, -0.1) is 0 Å². The van der Waals surface area contributed by atoms with Gasteiger partial charge >= 0.3 is 0 Å². The van der Waals surface area contributed by atoms with Crippen LogP contribution in [0, 0.1) is 0 Å². The van der Waals surface area contributed by atoms with Gasteiger partial charge in [0.25, 0.3) is 0 Å². The van der Waals surface area contributed by atoms with Crippen molar-refractivity contribution in [3.8, 4) is 5.75 Å². The highest BCUT2D eigenvalue weighted by Crippen LogP contribution is 2.22. The molecule has 1 aromatic carbocycles. The third kappa shape index (κ3) is 3.26. The van der Waals surface area contributed by atoms with Crippen LogP contribution in [0.15, 0.2) is 30.8 Å². The Morgan fingerprint density at radius 3 is 2.50 bits per heavy atom. The Bertz CT molecular complexity index is 339. The van der Waals surface area contributed by atoms with Crippen LogP contribution in [0.5, 0.6) is 5.75 Å². The highest BCUT2D eigenvalue weighted by Gasteiger charge is 2.17. The van der Waals surface area contributed by atoms with Crippen LogP contribution in [0.4, 0.5) is 0 Å². The fourth-order valence-corrected chi connectivity index (χ4v) is 1.96. The molecule has 0 radical (unpaired) electrons. The molecule has 0 fully saturated rings. The van der Waals surface area contributed by atoms with Crippen molar-refractivity contribution < 1.29 is 9.53 Å². The number of phenolic OH excluding ortho intramolecular Hbond substituents is 1. The van der Waals surface area contributed by atoms with Crippen molar-refractivity contribution in [1.82, 2.24) is 0 Å². The van der Waals surface area contributed by atoms with E-state index in [1.54, 1.807) is 18.2 Å². The average molecular weight is 208 g/mol. The van der Waals surface area contributed by atoms with E-state index in [9.17, 15) is 5.11 Å². The summed E-state index contributed by atoms with van der Waals surface area (Å²) < 4.78 is 5.71. The van der Waals surface area contributed by atoms with Crippen LogP contribution in [0.2, 0.25) is 19.6 Å². The smallest absolute Gasteiger partial charge is 0.242 e. The van der Waals surface area contributed by atoms with Gasteiger partial charge in [-0.25, -0.2) is 0 Å². The zero-order chi connectivity index (χ0) is 10.8. The van der Waals surface area contributed by atoms with Crippen LogP contribution in [-0.2, 0) is 4.43 Å². The molecular formula is C11H16O2Si. The molecule has 1 rings (SSSR count). The summed E-state index contributed by atoms with van der Waals surface area (Å²) in [6, 6.07) is 6.94. The normalized spacial score (nSPS) is 11.1. The van der Waals surface area contributed by atoms with Crippen molar-refractivity contribution in [2.75, 3.05) is 0 Å². The van der Waals surface area contributed by atoms with Crippen LogP contribution < -0.4 is 0 Å². The van der Waals surface area contributed by atoms with Crippen LogP contribution in [-0.4, -0.2) is 13.4 Å². The second-order valence-electron chi connectivity index (χ2n) is 4.19. The van der Waals surface area contributed by atoms with Crippen molar-refractivity contribution in [2.24, 2.45) is 0 Å². The fourth-order valence-electron chi connectivity index (χ4n) is 1.11. The second kappa shape index (κ2) is 3.88. The van der Waals surface area contributed by atoms with Gasteiger partial charge in [0.2, 0.25) is 8.32 Å². The first kappa shape index (κ1) is 10.9. The molecule has 0 spiro atoms. The van der Waals surface area contributed by atoms with Gasteiger partial charge in [-0.1, -0.05) is 18.7 Å². The van der Waals surface area contributed by atoms with Crippen molar-refractivity contribution >= 4 is 14.1 Å². The Morgan fingerprint density at radius 1 is 1.36 bits per heavy atom. The van der Waals surface area contributed by atoms with Gasteiger partial charge in [-0.2, -0.15) is 0 Å². The molecule has 0 aliphatic rings. The molecule has 14 heavy (non-hydrogen) atoms. The molecule has 0 bridgehead atoms. The Morgan fingerprint density at radius 2 is 2.00 bits per heavy atom. The lowest BCUT2D eigenvalue weighted by Gasteiger charge is -2.21. The molecule has 0 unspecified atom stereocenters. The highest BCUT2D eigenvalue weighted by atomic mass is 28.4.